The van der Waals surface area contributed by atoms with Crippen molar-refractivity contribution in [2.24, 2.45) is 0 Å². The summed E-state index contributed by atoms with van der Waals surface area (Å²) in [6.07, 6.45) is 1.73. The first kappa shape index (κ1) is 12.3. The van der Waals surface area contributed by atoms with Gasteiger partial charge in [0, 0.05) is 18.5 Å². The first-order chi connectivity index (χ1) is 7.34. The number of halogens is 2. The maximum atomic E-state index is 11.9. The van der Waals surface area contributed by atoms with Crippen molar-refractivity contribution >= 4 is 9.84 Å². The van der Waals surface area contributed by atoms with Crippen molar-refractivity contribution in [3.63, 3.8) is 0 Å². The Kier molecular flexibility index (Phi) is 3.39. The fourth-order valence-corrected chi connectivity index (χ4v) is 1.78. The summed E-state index contributed by atoms with van der Waals surface area (Å²) in [4.78, 5) is 2.99. The first-order valence-corrected chi connectivity index (χ1v) is 5.78. The molecule has 0 atom stereocenters. The fraction of sp³-hybridized carbons (Fsp3) is 0.250. The van der Waals surface area contributed by atoms with Gasteiger partial charge in [0.25, 0.3) is 0 Å². The van der Waals surface area contributed by atoms with Gasteiger partial charge in [0.05, 0.1) is 10.5 Å². The summed E-state index contributed by atoms with van der Waals surface area (Å²) in [5, 5.41) is 8.61. The largest absolute Gasteiger partial charge is 0.417 e. The smallest absolute Gasteiger partial charge is 0.388 e. The van der Waals surface area contributed by atoms with E-state index in [1.54, 1.807) is 6.07 Å². The van der Waals surface area contributed by atoms with Gasteiger partial charge in [0.2, 0.25) is 5.88 Å². The van der Waals surface area contributed by atoms with Crippen LogP contribution in [0.25, 0.3) is 0 Å². The second-order valence-corrected chi connectivity index (χ2v) is 4.77. The van der Waals surface area contributed by atoms with Crippen LogP contribution in [0.1, 0.15) is 5.56 Å². The number of alkyl halides is 2. The standard InChI is InChI=1S/C8H6F2N2O3S/c1-16(13,14)6-2-7(15-8(9)10)12-4-5(6)3-11/h2,4,8H,1H3. The number of nitrogens with zero attached hydrogens (tertiary/aromatic N) is 2. The third kappa shape index (κ3) is 2.87. The number of pyridine rings is 1. The Bertz CT molecular complexity index is 537. The highest BCUT2D eigenvalue weighted by Crippen LogP contribution is 2.20. The van der Waals surface area contributed by atoms with Crippen LogP contribution in [0.5, 0.6) is 5.88 Å². The van der Waals surface area contributed by atoms with Crippen LogP contribution in [0.3, 0.4) is 0 Å². The second-order valence-electron chi connectivity index (χ2n) is 2.78. The lowest BCUT2D eigenvalue weighted by molar-refractivity contribution is -0.0530. The SMILES string of the molecule is CS(=O)(=O)c1cc(OC(F)F)ncc1C#N. The van der Waals surface area contributed by atoms with Gasteiger partial charge in [-0.3, -0.25) is 0 Å². The fourth-order valence-electron chi connectivity index (χ4n) is 0.965. The lowest BCUT2D eigenvalue weighted by Gasteiger charge is -2.05. The Morgan fingerprint density at radius 1 is 1.56 bits per heavy atom. The Labute approximate surface area is 90.2 Å². The summed E-state index contributed by atoms with van der Waals surface area (Å²) >= 11 is 0. The van der Waals surface area contributed by atoms with E-state index in [0.717, 1.165) is 18.5 Å². The minimum Gasteiger partial charge on any atom is -0.417 e. The molecule has 0 fully saturated rings. The summed E-state index contributed by atoms with van der Waals surface area (Å²) in [5.41, 5.74) is -0.218. The van der Waals surface area contributed by atoms with Crippen molar-refractivity contribution in [3.05, 3.63) is 17.8 Å². The maximum absolute atomic E-state index is 11.9. The van der Waals surface area contributed by atoms with Crippen LogP contribution in [0.15, 0.2) is 17.2 Å². The summed E-state index contributed by atoms with van der Waals surface area (Å²) in [6, 6.07) is 2.39. The number of rotatable bonds is 3. The number of hydrogen-bond donors (Lipinski definition) is 0. The molecule has 1 aromatic rings. The zero-order valence-electron chi connectivity index (χ0n) is 8.02. The van der Waals surface area contributed by atoms with Gasteiger partial charge in [0.15, 0.2) is 9.84 Å². The van der Waals surface area contributed by atoms with Crippen LogP contribution in [0, 0.1) is 11.3 Å². The van der Waals surface area contributed by atoms with Crippen molar-refractivity contribution in [3.8, 4) is 11.9 Å². The van der Waals surface area contributed by atoms with Crippen molar-refractivity contribution in [1.29, 1.82) is 5.26 Å². The molecule has 8 heteroatoms. The maximum Gasteiger partial charge on any atom is 0.388 e. The molecule has 0 bridgehead atoms. The lowest BCUT2D eigenvalue weighted by atomic mass is 10.3. The van der Waals surface area contributed by atoms with Crippen LogP contribution < -0.4 is 4.74 Å². The third-order valence-electron chi connectivity index (χ3n) is 1.57. The van der Waals surface area contributed by atoms with E-state index in [9.17, 15) is 17.2 Å². The quantitative estimate of drug-likeness (QED) is 0.795. The Hall–Kier alpha value is -1.75. The zero-order valence-corrected chi connectivity index (χ0v) is 8.83. The number of hydrogen-bond acceptors (Lipinski definition) is 5. The molecule has 0 aliphatic heterocycles. The van der Waals surface area contributed by atoms with Crippen molar-refractivity contribution in [2.75, 3.05) is 6.26 Å². The molecule has 0 radical (unpaired) electrons. The zero-order chi connectivity index (χ0) is 12.3. The third-order valence-corrected chi connectivity index (χ3v) is 2.71. The van der Waals surface area contributed by atoms with Gasteiger partial charge in [-0.1, -0.05) is 0 Å². The topological polar surface area (TPSA) is 80.1 Å². The molecule has 1 heterocycles. The van der Waals surface area contributed by atoms with Crippen molar-refractivity contribution < 1.29 is 21.9 Å². The van der Waals surface area contributed by atoms with Gasteiger partial charge in [-0.2, -0.15) is 14.0 Å². The molecule has 0 unspecified atom stereocenters. The highest BCUT2D eigenvalue weighted by molar-refractivity contribution is 7.90. The lowest BCUT2D eigenvalue weighted by Crippen LogP contribution is -2.07. The van der Waals surface area contributed by atoms with Gasteiger partial charge >= 0.3 is 6.61 Å². The van der Waals surface area contributed by atoms with E-state index < -0.39 is 22.3 Å². The van der Waals surface area contributed by atoms with Gasteiger partial charge in [0.1, 0.15) is 6.07 Å². The van der Waals surface area contributed by atoms with Crippen molar-refractivity contribution in [2.45, 2.75) is 11.5 Å². The van der Waals surface area contributed by atoms with Gasteiger partial charge < -0.3 is 4.74 Å². The van der Waals surface area contributed by atoms with E-state index in [-0.39, 0.29) is 10.5 Å². The molecule has 1 aromatic heterocycles. The van der Waals surface area contributed by atoms with E-state index in [2.05, 4.69) is 9.72 Å². The molecule has 1 rings (SSSR count). The molecule has 0 saturated heterocycles. The summed E-state index contributed by atoms with van der Waals surface area (Å²) < 4.78 is 50.1. The molecule has 5 nitrogen and oxygen atoms in total. The minimum absolute atomic E-state index is 0.218. The van der Waals surface area contributed by atoms with E-state index in [1.165, 1.54) is 0 Å². The number of aromatic nitrogens is 1. The minimum atomic E-state index is -3.69. The molecule has 0 aliphatic carbocycles. The molecular formula is C8H6F2N2O3S. The molecule has 0 aromatic carbocycles. The Morgan fingerprint density at radius 3 is 2.62 bits per heavy atom. The van der Waals surface area contributed by atoms with E-state index in [0.29, 0.717) is 0 Å². The second kappa shape index (κ2) is 4.40. The van der Waals surface area contributed by atoms with Crippen LogP contribution >= 0.6 is 0 Å². The summed E-state index contributed by atoms with van der Waals surface area (Å²) in [6.45, 7) is -3.10. The predicted molar refractivity (Wildman–Crippen MR) is 48.7 cm³/mol. The Balaban J connectivity index is 3.29. The average Bonchev–Trinajstić information content (AvgIpc) is 2.15. The molecule has 0 aliphatic rings. The highest BCUT2D eigenvalue weighted by Gasteiger charge is 2.16. The molecule has 86 valence electrons. The normalized spacial score (nSPS) is 11.2. The monoisotopic (exact) mass is 248 g/mol. The molecule has 0 amide bonds. The van der Waals surface area contributed by atoms with Crippen LogP contribution in [0.2, 0.25) is 0 Å². The van der Waals surface area contributed by atoms with Gasteiger partial charge in [-0.05, 0) is 0 Å². The van der Waals surface area contributed by atoms with Gasteiger partial charge in [-0.15, -0.1) is 0 Å². The summed E-state index contributed by atoms with van der Waals surface area (Å²) in [7, 11) is -3.69. The first-order valence-electron chi connectivity index (χ1n) is 3.89. The highest BCUT2D eigenvalue weighted by atomic mass is 32.2. The number of ether oxygens (including phenoxy) is 1. The molecular weight excluding hydrogens is 242 g/mol. The van der Waals surface area contributed by atoms with Crippen molar-refractivity contribution in [1.82, 2.24) is 4.98 Å². The average molecular weight is 248 g/mol. The number of sulfone groups is 1. The Morgan fingerprint density at radius 2 is 2.19 bits per heavy atom. The number of nitriles is 1. The predicted octanol–water partition coefficient (Wildman–Crippen LogP) is 0.958. The van der Waals surface area contributed by atoms with Gasteiger partial charge in [-0.25, -0.2) is 13.4 Å². The van der Waals surface area contributed by atoms with E-state index in [4.69, 9.17) is 5.26 Å². The van der Waals surface area contributed by atoms with E-state index in [1.807, 2.05) is 0 Å². The molecule has 16 heavy (non-hydrogen) atoms. The molecule has 0 N–H and O–H groups in total. The van der Waals surface area contributed by atoms with Crippen LogP contribution in [-0.4, -0.2) is 26.3 Å². The van der Waals surface area contributed by atoms with E-state index >= 15 is 0 Å². The van der Waals surface area contributed by atoms with Crippen LogP contribution in [0.4, 0.5) is 8.78 Å². The molecule has 0 saturated carbocycles. The van der Waals surface area contributed by atoms with Crippen LogP contribution in [-0.2, 0) is 9.84 Å². The summed E-state index contributed by atoms with van der Waals surface area (Å²) in [5.74, 6) is -0.547. The molecule has 0 spiro atoms.